The molecule has 5 rings (SSSR count). The molecule has 0 saturated carbocycles. The first-order chi connectivity index (χ1) is 16.7. The van der Waals surface area contributed by atoms with Gasteiger partial charge in [-0.2, -0.15) is 13.2 Å². The van der Waals surface area contributed by atoms with Crippen molar-refractivity contribution in [2.45, 2.75) is 54.8 Å². The number of fused-ring (bicyclic) bond motifs is 2. The van der Waals surface area contributed by atoms with Gasteiger partial charge >= 0.3 is 6.18 Å². The predicted octanol–water partition coefficient (Wildman–Crippen LogP) is 5.46. The summed E-state index contributed by atoms with van der Waals surface area (Å²) < 4.78 is 73.5. The highest BCUT2D eigenvalue weighted by Crippen LogP contribution is 2.40. The molecule has 1 N–H and O–H groups in total. The molecular formula is C27H26F3NO3S. The number of hydrogen-bond acceptors (Lipinski definition) is 3. The topological polar surface area (TPSA) is 55.4 Å². The van der Waals surface area contributed by atoms with Crippen molar-refractivity contribution < 1.29 is 26.3 Å². The van der Waals surface area contributed by atoms with Crippen LogP contribution < -0.4 is 4.72 Å². The summed E-state index contributed by atoms with van der Waals surface area (Å²) in [7, 11) is -3.98. The van der Waals surface area contributed by atoms with Crippen molar-refractivity contribution in [3.05, 3.63) is 101 Å². The van der Waals surface area contributed by atoms with Crippen LogP contribution in [-0.4, -0.2) is 27.2 Å². The van der Waals surface area contributed by atoms with E-state index in [4.69, 9.17) is 4.74 Å². The number of ether oxygens (including phenoxy) is 1. The summed E-state index contributed by atoms with van der Waals surface area (Å²) in [6, 6.07) is 19.8. The molecule has 3 aromatic carbocycles. The summed E-state index contributed by atoms with van der Waals surface area (Å²) in [4.78, 5) is -0.182. The minimum absolute atomic E-state index is 0.0247. The maximum atomic E-state index is 13.0. The zero-order chi connectivity index (χ0) is 24.6. The van der Waals surface area contributed by atoms with Gasteiger partial charge in [-0.05, 0) is 72.2 Å². The Morgan fingerprint density at radius 2 is 1.40 bits per heavy atom. The molecular weight excluding hydrogens is 475 g/mol. The lowest BCUT2D eigenvalue weighted by Crippen LogP contribution is -2.44. The van der Waals surface area contributed by atoms with Gasteiger partial charge in [0.25, 0.3) is 0 Å². The summed E-state index contributed by atoms with van der Waals surface area (Å²) >= 11 is 0. The van der Waals surface area contributed by atoms with Crippen LogP contribution in [0.5, 0.6) is 0 Å². The van der Waals surface area contributed by atoms with Crippen LogP contribution in [0.3, 0.4) is 0 Å². The average Bonchev–Trinajstić information content (AvgIpc) is 3.00. The highest BCUT2D eigenvalue weighted by molar-refractivity contribution is 7.89. The van der Waals surface area contributed by atoms with E-state index in [1.807, 2.05) is 24.3 Å². The fourth-order valence-corrected chi connectivity index (χ4v) is 6.53. The van der Waals surface area contributed by atoms with Gasteiger partial charge in [-0.25, -0.2) is 13.1 Å². The van der Waals surface area contributed by atoms with Crippen LogP contribution in [0.25, 0.3) is 0 Å². The van der Waals surface area contributed by atoms with Crippen LogP contribution >= 0.6 is 0 Å². The summed E-state index contributed by atoms with van der Waals surface area (Å²) in [5.74, 6) is -0.0247. The van der Waals surface area contributed by atoms with Crippen molar-refractivity contribution >= 4 is 10.0 Å². The molecule has 4 nitrogen and oxygen atoms in total. The number of benzene rings is 3. The van der Waals surface area contributed by atoms with Crippen molar-refractivity contribution in [3.63, 3.8) is 0 Å². The van der Waals surface area contributed by atoms with Crippen LogP contribution in [0.2, 0.25) is 0 Å². The van der Waals surface area contributed by atoms with Crippen molar-refractivity contribution in [1.82, 2.24) is 4.72 Å². The van der Waals surface area contributed by atoms with Gasteiger partial charge in [-0.15, -0.1) is 0 Å². The first kappa shape index (κ1) is 24.0. The van der Waals surface area contributed by atoms with Crippen LogP contribution in [0, 0.1) is 0 Å². The molecule has 1 fully saturated rings. The summed E-state index contributed by atoms with van der Waals surface area (Å²) in [5.41, 5.74) is 4.06. The van der Waals surface area contributed by atoms with Gasteiger partial charge < -0.3 is 4.74 Å². The summed E-state index contributed by atoms with van der Waals surface area (Å²) in [5, 5.41) is 0. The van der Waals surface area contributed by atoms with Gasteiger partial charge in [0, 0.05) is 18.6 Å². The zero-order valence-corrected chi connectivity index (χ0v) is 19.8. The second kappa shape index (κ2) is 9.41. The molecule has 1 aliphatic heterocycles. The van der Waals surface area contributed by atoms with Crippen molar-refractivity contribution in [1.29, 1.82) is 0 Å². The molecule has 1 saturated heterocycles. The van der Waals surface area contributed by atoms with E-state index in [0.717, 1.165) is 37.1 Å². The van der Waals surface area contributed by atoms with E-state index in [9.17, 15) is 21.6 Å². The smallest absolute Gasteiger partial charge is 0.377 e. The van der Waals surface area contributed by atoms with Crippen molar-refractivity contribution in [2.75, 3.05) is 6.61 Å². The van der Waals surface area contributed by atoms with Crippen LogP contribution in [-0.2, 0) is 33.8 Å². The highest BCUT2D eigenvalue weighted by Gasteiger charge is 2.36. The zero-order valence-electron chi connectivity index (χ0n) is 19.0. The quantitative estimate of drug-likeness (QED) is 0.517. The molecule has 184 valence electrons. The minimum atomic E-state index is -4.52. The Hall–Kier alpha value is -2.68. The minimum Gasteiger partial charge on any atom is -0.377 e. The SMILES string of the molecule is O=S(=O)(NC1CCOC(C2c3ccccc3CCc3ccccc32)C1)c1ccc(C(F)(F)F)cc1. The van der Waals surface area contributed by atoms with E-state index >= 15 is 0 Å². The van der Waals surface area contributed by atoms with E-state index in [-0.39, 0.29) is 23.0 Å². The lowest BCUT2D eigenvalue weighted by Gasteiger charge is -2.36. The van der Waals surface area contributed by atoms with Crippen LogP contribution in [0.4, 0.5) is 13.2 Å². The lowest BCUT2D eigenvalue weighted by atomic mass is 9.80. The standard InChI is InChI=1S/C27H26F3NO3S/c28-27(29,30)20-11-13-22(14-12-20)35(32,33)31-21-15-16-34-25(17-21)26-23-7-3-1-5-18(23)9-10-19-6-2-4-8-24(19)26/h1-8,11-14,21,25-26,31H,9-10,15-17H2. The van der Waals surface area contributed by atoms with E-state index in [1.165, 1.54) is 22.3 Å². The Morgan fingerprint density at radius 1 is 0.829 bits per heavy atom. The number of alkyl halides is 3. The monoisotopic (exact) mass is 501 g/mol. The fourth-order valence-electron chi connectivity index (χ4n) is 5.25. The maximum absolute atomic E-state index is 13.0. The highest BCUT2D eigenvalue weighted by atomic mass is 32.2. The Morgan fingerprint density at radius 3 is 1.97 bits per heavy atom. The molecule has 2 unspecified atom stereocenters. The van der Waals surface area contributed by atoms with Crippen LogP contribution in [0.1, 0.15) is 46.6 Å². The van der Waals surface area contributed by atoms with Gasteiger partial charge in [0.1, 0.15) is 0 Å². The largest absolute Gasteiger partial charge is 0.416 e. The van der Waals surface area contributed by atoms with Crippen molar-refractivity contribution in [2.24, 2.45) is 0 Å². The van der Waals surface area contributed by atoms with E-state index in [1.54, 1.807) is 0 Å². The number of sulfonamides is 1. The number of rotatable bonds is 4. The molecule has 2 aliphatic rings. The van der Waals surface area contributed by atoms with Gasteiger partial charge in [0.05, 0.1) is 16.6 Å². The summed E-state index contributed by atoms with van der Waals surface area (Å²) in [6.07, 6.45) is -1.93. The first-order valence-electron chi connectivity index (χ1n) is 11.7. The Labute approximate surface area is 203 Å². The molecule has 1 heterocycles. The van der Waals surface area contributed by atoms with Gasteiger partial charge in [0.15, 0.2) is 0 Å². The lowest BCUT2D eigenvalue weighted by molar-refractivity contribution is -0.137. The molecule has 0 amide bonds. The number of halogens is 3. The molecule has 1 aliphatic carbocycles. The Kier molecular flexibility index (Phi) is 6.46. The normalized spacial score (nSPS) is 21.1. The predicted molar refractivity (Wildman–Crippen MR) is 127 cm³/mol. The summed E-state index contributed by atoms with van der Waals surface area (Å²) in [6.45, 7) is 0.395. The Balaban J connectivity index is 1.40. The van der Waals surface area contributed by atoms with E-state index in [0.29, 0.717) is 19.4 Å². The van der Waals surface area contributed by atoms with E-state index < -0.39 is 21.8 Å². The molecule has 0 spiro atoms. The molecule has 3 aromatic rings. The van der Waals surface area contributed by atoms with Crippen molar-refractivity contribution in [3.8, 4) is 0 Å². The molecule has 0 aromatic heterocycles. The first-order valence-corrected chi connectivity index (χ1v) is 13.2. The number of aryl methyl sites for hydroxylation is 2. The second-order valence-electron chi connectivity index (χ2n) is 9.15. The number of hydrogen-bond donors (Lipinski definition) is 1. The molecule has 0 bridgehead atoms. The number of nitrogens with one attached hydrogen (secondary N) is 1. The third-order valence-electron chi connectivity index (χ3n) is 6.94. The van der Waals surface area contributed by atoms with Gasteiger partial charge in [-0.1, -0.05) is 48.5 Å². The van der Waals surface area contributed by atoms with E-state index in [2.05, 4.69) is 29.0 Å². The third kappa shape index (κ3) is 5.01. The average molecular weight is 502 g/mol. The molecule has 35 heavy (non-hydrogen) atoms. The van der Waals surface area contributed by atoms with Gasteiger partial charge in [0.2, 0.25) is 10.0 Å². The third-order valence-corrected chi connectivity index (χ3v) is 8.48. The van der Waals surface area contributed by atoms with Gasteiger partial charge in [-0.3, -0.25) is 0 Å². The maximum Gasteiger partial charge on any atom is 0.416 e. The van der Waals surface area contributed by atoms with Crippen LogP contribution in [0.15, 0.2) is 77.7 Å². The fraction of sp³-hybridized carbons (Fsp3) is 0.333. The molecule has 2 atom stereocenters. The Bertz CT molecular complexity index is 1260. The molecule has 0 radical (unpaired) electrons. The molecule has 8 heteroatoms. The second-order valence-corrected chi connectivity index (χ2v) is 10.9.